The quantitative estimate of drug-likeness (QED) is 0.106. The number of para-hydroxylation sites is 1. The first-order valence-corrected chi connectivity index (χ1v) is 25.3. The normalized spacial score (nSPS) is 13.1. The third-order valence-electron chi connectivity index (χ3n) is 14.3. The van der Waals surface area contributed by atoms with E-state index in [2.05, 4.69) is 135 Å². The Bertz CT molecular complexity index is 3920. The average Bonchev–Trinajstić information content (AvgIpc) is 3.57. The summed E-state index contributed by atoms with van der Waals surface area (Å²) in [5.74, 6) is -2.12. The molecule has 0 aliphatic carbocycles. The molecular weight excluding hydrogens is 971 g/mol. The van der Waals surface area contributed by atoms with Crippen molar-refractivity contribution in [2.45, 2.75) is 47.0 Å². The number of pyridine rings is 1. The molecule has 0 fully saturated rings. The van der Waals surface area contributed by atoms with Gasteiger partial charge in [-0.1, -0.05) is 79.4 Å². The summed E-state index contributed by atoms with van der Waals surface area (Å²) in [5.41, 5.74) is 9.29. The van der Waals surface area contributed by atoms with Crippen molar-refractivity contribution >= 4 is 73.2 Å². The number of rotatable bonds is 8. The number of aromatic hydroxyl groups is 2. The van der Waals surface area contributed by atoms with Gasteiger partial charge in [0.15, 0.2) is 5.43 Å². The second kappa shape index (κ2) is 21.8. The van der Waals surface area contributed by atoms with Crippen LogP contribution in [0.25, 0.3) is 61.3 Å². The molecular formula is C64H59N3O10. The lowest BCUT2D eigenvalue weighted by molar-refractivity contribution is -0.646. The fourth-order valence-corrected chi connectivity index (χ4v) is 10.1. The summed E-state index contributed by atoms with van der Waals surface area (Å²) in [6.07, 6.45) is 5.97. The summed E-state index contributed by atoms with van der Waals surface area (Å²) in [6.45, 7) is 8.79. The van der Waals surface area contributed by atoms with Gasteiger partial charge in [0.2, 0.25) is 11.2 Å². The van der Waals surface area contributed by atoms with Crippen molar-refractivity contribution in [1.82, 2.24) is 4.57 Å². The number of phenols is 2. The number of carboxylic acid groups (broad SMARTS) is 2. The van der Waals surface area contributed by atoms with Crippen molar-refractivity contribution in [2.24, 2.45) is 13.0 Å². The summed E-state index contributed by atoms with van der Waals surface area (Å²) in [5, 5.41) is 56.6. The summed E-state index contributed by atoms with van der Waals surface area (Å²) in [6, 6.07) is 43.4. The molecule has 10 aromatic rings. The van der Waals surface area contributed by atoms with E-state index in [0.29, 0.717) is 63.1 Å². The number of aromatic nitrogens is 2. The van der Waals surface area contributed by atoms with Crippen LogP contribution in [0.1, 0.15) is 79.2 Å². The second-order valence-electron chi connectivity index (χ2n) is 19.7. The van der Waals surface area contributed by atoms with Crippen molar-refractivity contribution < 1.29 is 48.8 Å². The number of aromatic carboxylic acids is 2. The molecule has 77 heavy (non-hydrogen) atoms. The van der Waals surface area contributed by atoms with Crippen molar-refractivity contribution in [3.05, 3.63) is 206 Å². The SMILES string of the molecule is Cc1cc(=O)c2c(O)c3c(cc2o1)OCC(C)CC3.Cc1cc(C=Cc2ccc3cc(N(C)C)ccc3[n+]2C)c(C)n1-c1ccccc1.O=C(O)c1cc2ccccc2c(Cc2c(O)c(C(=O)O)cc3ccccc23)c1[O-]. The number of carboxylic acids is 2. The van der Waals surface area contributed by atoms with Gasteiger partial charge in [0.05, 0.1) is 12.2 Å². The van der Waals surface area contributed by atoms with Gasteiger partial charge in [-0.3, -0.25) is 4.79 Å². The third-order valence-corrected chi connectivity index (χ3v) is 14.3. The molecule has 3 aromatic heterocycles. The monoisotopic (exact) mass is 1030 g/mol. The number of fused-ring (bicyclic) bond motifs is 5. The Kier molecular flexibility index (Phi) is 14.9. The Morgan fingerprint density at radius 1 is 0.753 bits per heavy atom. The molecule has 13 heteroatoms. The molecule has 1 unspecified atom stereocenters. The van der Waals surface area contributed by atoms with E-state index in [-0.39, 0.29) is 45.2 Å². The van der Waals surface area contributed by atoms with Crippen LogP contribution >= 0.6 is 0 Å². The largest absolute Gasteiger partial charge is 0.872 e. The first-order chi connectivity index (χ1) is 36.9. The highest BCUT2D eigenvalue weighted by Gasteiger charge is 2.23. The summed E-state index contributed by atoms with van der Waals surface area (Å²) in [4.78, 5) is 37.3. The first kappa shape index (κ1) is 52.5. The van der Waals surface area contributed by atoms with Gasteiger partial charge in [0.1, 0.15) is 46.6 Å². The van der Waals surface area contributed by atoms with E-state index in [1.165, 1.54) is 63.1 Å². The topological polar surface area (TPSA) is 190 Å². The number of phenolic OH excluding ortho intramolecular Hbond substituents is 1. The van der Waals surface area contributed by atoms with E-state index in [9.17, 15) is 39.9 Å². The molecule has 0 saturated heterocycles. The van der Waals surface area contributed by atoms with Crippen LogP contribution in [0.2, 0.25) is 0 Å². The van der Waals surface area contributed by atoms with Crippen molar-refractivity contribution in [2.75, 3.05) is 25.6 Å². The molecule has 1 aliphatic heterocycles. The minimum absolute atomic E-state index is 0.00958. The van der Waals surface area contributed by atoms with E-state index in [1.54, 1.807) is 61.5 Å². The van der Waals surface area contributed by atoms with Gasteiger partial charge in [-0.15, -0.1) is 0 Å². The molecule has 4 heterocycles. The number of carbonyl (C=O) groups is 2. The van der Waals surface area contributed by atoms with Crippen LogP contribution < -0.4 is 24.7 Å². The van der Waals surface area contributed by atoms with Crippen LogP contribution in [-0.2, 0) is 19.9 Å². The maximum Gasteiger partial charge on any atom is 0.339 e. The standard InChI is InChI=1S/C26H28N3.C23H16O6.C15H16O4/c1-19-17-21(20(2)29(19)24-9-7-6-8-10-24)11-13-23-14-12-22-18-25(27(3)4)15-16-26(22)28(23)5;24-20-16(14-7-3-1-5-12(14)9-18(20)22(26)27)11-17-15-8-4-2-6-13(15)10-19(21(17)25)23(28)29;1-8-3-4-10-12(18-7-8)6-13-14(15(10)17)11(16)5-9(2)19-13/h6-18H,1-5H3;1-10,24-25H,11H2,(H,26,27)(H,28,29);5-6,8,17H,3-4,7H2,1-2H3/q+1;;/p-1. The molecule has 11 rings (SSSR count). The molecule has 390 valence electrons. The molecule has 0 saturated carbocycles. The summed E-state index contributed by atoms with van der Waals surface area (Å²) in [7, 11) is 6.28. The Morgan fingerprint density at radius 3 is 2.08 bits per heavy atom. The Hall–Kier alpha value is -9.36. The smallest absolute Gasteiger partial charge is 0.339 e. The maximum absolute atomic E-state index is 12.9. The zero-order valence-electron chi connectivity index (χ0n) is 43.9. The predicted molar refractivity (Wildman–Crippen MR) is 301 cm³/mol. The van der Waals surface area contributed by atoms with Crippen LogP contribution in [-0.4, -0.2) is 57.6 Å². The predicted octanol–water partition coefficient (Wildman–Crippen LogP) is 11.8. The van der Waals surface area contributed by atoms with Gasteiger partial charge in [0.25, 0.3) is 0 Å². The molecule has 0 amide bonds. The first-order valence-electron chi connectivity index (χ1n) is 25.3. The van der Waals surface area contributed by atoms with Crippen molar-refractivity contribution in [3.63, 3.8) is 0 Å². The molecule has 13 nitrogen and oxygen atoms in total. The maximum atomic E-state index is 12.9. The zero-order chi connectivity index (χ0) is 54.8. The molecule has 1 aliphatic rings. The number of nitrogens with zero attached hydrogens (tertiary/aromatic N) is 3. The highest BCUT2D eigenvalue weighted by Crippen LogP contribution is 2.40. The molecule has 0 radical (unpaired) electrons. The van der Waals surface area contributed by atoms with Crippen LogP contribution in [0.5, 0.6) is 23.0 Å². The molecule has 4 N–H and O–H groups in total. The molecule has 1 atom stereocenters. The van der Waals surface area contributed by atoms with Crippen LogP contribution in [0.3, 0.4) is 0 Å². The fourth-order valence-electron chi connectivity index (χ4n) is 10.1. The highest BCUT2D eigenvalue weighted by molar-refractivity contribution is 6.02. The van der Waals surface area contributed by atoms with Crippen molar-refractivity contribution in [1.29, 1.82) is 0 Å². The Labute approximate surface area is 445 Å². The van der Waals surface area contributed by atoms with Gasteiger partial charge >= 0.3 is 11.9 Å². The van der Waals surface area contributed by atoms with Crippen LogP contribution in [0, 0.1) is 26.7 Å². The Balaban J connectivity index is 0.000000144. The number of aryl methyl sites for hydroxylation is 3. The summed E-state index contributed by atoms with van der Waals surface area (Å²) >= 11 is 0. The fraction of sp³-hybridized carbons (Fsp3) is 0.188. The van der Waals surface area contributed by atoms with Gasteiger partial charge < -0.3 is 44.2 Å². The van der Waals surface area contributed by atoms with Gasteiger partial charge in [0, 0.05) is 90.1 Å². The third kappa shape index (κ3) is 10.7. The molecule has 0 spiro atoms. The van der Waals surface area contributed by atoms with E-state index in [1.807, 2.05) is 0 Å². The van der Waals surface area contributed by atoms with Gasteiger partial charge in [-0.2, -0.15) is 4.57 Å². The minimum atomic E-state index is -1.34. The van der Waals surface area contributed by atoms with E-state index in [4.69, 9.17) is 9.15 Å². The lowest BCUT2D eigenvalue weighted by atomic mass is 9.90. The number of ether oxygens (including phenoxy) is 1. The number of hydrogen-bond acceptors (Lipinski definition) is 9. The highest BCUT2D eigenvalue weighted by atomic mass is 16.5. The second-order valence-corrected chi connectivity index (χ2v) is 19.7. The minimum Gasteiger partial charge on any atom is -0.872 e. The lowest BCUT2D eigenvalue weighted by Crippen LogP contribution is -2.32. The van der Waals surface area contributed by atoms with Crippen LogP contribution in [0.15, 0.2) is 149 Å². The number of anilines is 1. The lowest BCUT2D eigenvalue weighted by Gasteiger charge is -2.21. The van der Waals surface area contributed by atoms with E-state index >= 15 is 0 Å². The van der Waals surface area contributed by atoms with Gasteiger partial charge in [-0.25, -0.2) is 9.59 Å². The number of benzene rings is 7. The number of hydrogen-bond donors (Lipinski definition) is 4. The van der Waals surface area contributed by atoms with Gasteiger partial charge in [-0.05, 0) is 127 Å². The van der Waals surface area contributed by atoms with Crippen molar-refractivity contribution in [3.8, 4) is 28.7 Å². The zero-order valence-corrected chi connectivity index (χ0v) is 43.9. The Morgan fingerprint density at radius 2 is 1.40 bits per heavy atom. The molecule has 0 bridgehead atoms. The summed E-state index contributed by atoms with van der Waals surface area (Å²) < 4.78 is 15.8. The van der Waals surface area contributed by atoms with E-state index in [0.717, 1.165) is 6.42 Å². The molecule has 7 aromatic carbocycles. The van der Waals surface area contributed by atoms with Crippen LogP contribution in [0.4, 0.5) is 5.69 Å². The average molecular weight is 1030 g/mol. The van der Waals surface area contributed by atoms with E-state index < -0.39 is 23.4 Å².